The average Bonchev–Trinajstić information content (AvgIpc) is 3.21. The highest BCUT2D eigenvalue weighted by atomic mass is 16.5. The first-order valence-electron chi connectivity index (χ1n) is 11.1. The summed E-state index contributed by atoms with van der Waals surface area (Å²) in [7, 11) is 0. The summed E-state index contributed by atoms with van der Waals surface area (Å²) in [6.45, 7) is 10.1. The van der Waals surface area contributed by atoms with Crippen LogP contribution in [0.1, 0.15) is 56.8 Å². The maximum Gasteiger partial charge on any atom is 0.222 e. The van der Waals surface area contributed by atoms with Crippen LogP contribution in [0.25, 0.3) is 0 Å². The number of hydrogen-bond acceptors (Lipinski definition) is 3. The molecule has 2 heterocycles. The first-order valence-corrected chi connectivity index (χ1v) is 11.1. The maximum absolute atomic E-state index is 11.9. The normalized spacial score (nSPS) is 25.1. The van der Waals surface area contributed by atoms with Gasteiger partial charge in [0.2, 0.25) is 5.91 Å². The van der Waals surface area contributed by atoms with E-state index in [1.165, 1.54) is 11.1 Å². The van der Waals surface area contributed by atoms with Crippen LogP contribution in [0, 0.1) is 12.8 Å². The van der Waals surface area contributed by atoms with Crippen molar-refractivity contribution < 1.29 is 9.53 Å². The lowest BCUT2D eigenvalue weighted by atomic mass is 9.89. The van der Waals surface area contributed by atoms with Gasteiger partial charge in [-0.1, -0.05) is 36.8 Å². The zero-order chi connectivity index (χ0) is 20.6. The molecule has 6 nitrogen and oxygen atoms in total. The lowest BCUT2D eigenvalue weighted by Gasteiger charge is -2.31. The van der Waals surface area contributed by atoms with E-state index in [1.54, 1.807) is 0 Å². The molecule has 1 aromatic rings. The molecule has 0 saturated carbocycles. The Morgan fingerprint density at radius 3 is 2.76 bits per heavy atom. The monoisotopic (exact) mass is 400 g/mol. The molecule has 2 saturated heterocycles. The highest BCUT2D eigenvalue weighted by Crippen LogP contribution is 2.34. The molecule has 3 rings (SSSR count). The lowest BCUT2D eigenvalue weighted by Crippen LogP contribution is -2.45. The van der Waals surface area contributed by atoms with Crippen LogP contribution in [-0.4, -0.2) is 55.6 Å². The van der Waals surface area contributed by atoms with E-state index in [1.807, 2.05) is 11.8 Å². The van der Waals surface area contributed by atoms with E-state index >= 15 is 0 Å². The summed E-state index contributed by atoms with van der Waals surface area (Å²) in [5, 5.41) is 6.90. The topological polar surface area (TPSA) is 66.0 Å². The third-order valence-electron chi connectivity index (χ3n) is 5.86. The molecular formula is C23H36N4O2. The second-order valence-electron chi connectivity index (χ2n) is 8.15. The quantitative estimate of drug-likeness (QED) is 0.569. The highest BCUT2D eigenvalue weighted by Gasteiger charge is 2.28. The van der Waals surface area contributed by atoms with Gasteiger partial charge in [0.1, 0.15) is 0 Å². The third kappa shape index (κ3) is 5.95. The smallest absolute Gasteiger partial charge is 0.222 e. The molecule has 0 spiro atoms. The summed E-state index contributed by atoms with van der Waals surface area (Å²) in [4.78, 5) is 18.8. The Labute approximate surface area is 175 Å². The van der Waals surface area contributed by atoms with E-state index in [9.17, 15) is 4.79 Å². The van der Waals surface area contributed by atoms with Crippen LogP contribution in [-0.2, 0) is 9.53 Å². The molecule has 2 aliphatic heterocycles. The summed E-state index contributed by atoms with van der Waals surface area (Å²) >= 11 is 0. The molecule has 2 fully saturated rings. The van der Waals surface area contributed by atoms with Crippen LogP contribution in [0.5, 0.6) is 0 Å². The molecule has 0 radical (unpaired) electrons. The minimum absolute atomic E-state index is 0.111. The van der Waals surface area contributed by atoms with Crippen molar-refractivity contribution in [2.45, 2.75) is 58.6 Å². The van der Waals surface area contributed by atoms with Crippen molar-refractivity contribution >= 4 is 11.9 Å². The molecule has 3 unspecified atom stereocenters. The molecule has 2 N–H and O–H groups in total. The predicted octanol–water partition coefficient (Wildman–Crippen LogP) is 3.03. The van der Waals surface area contributed by atoms with Gasteiger partial charge < -0.3 is 20.3 Å². The summed E-state index contributed by atoms with van der Waals surface area (Å²) in [5.74, 6) is 1.46. The van der Waals surface area contributed by atoms with E-state index in [-0.39, 0.29) is 18.1 Å². The molecular weight excluding hydrogens is 364 g/mol. The molecule has 0 aromatic heterocycles. The van der Waals surface area contributed by atoms with Crippen molar-refractivity contribution in [2.24, 2.45) is 10.9 Å². The highest BCUT2D eigenvalue weighted by molar-refractivity contribution is 5.80. The van der Waals surface area contributed by atoms with Gasteiger partial charge in [-0.2, -0.15) is 0 Å². The van der Waals surface area contributed by atoms with E-state index < -0.39 is 0 Å². The third-order valence-corrected chi connectivity index (χ3v) is 5.86. The number of hydrogen-bond donors (Lipinski definition) is 2. The Morgan fingerprint density at radius 1 is 1.24 bits per heavy atom. The predicted molar refractivity (Wildman–Crippen MR) is 117 cm³/mol. The number of aryl methyl sites for hydroxylation is 1. The molecule has 0 aliphatic carbocycles. The van der Waals surface area contributed by atoms with E-state index in [2.05, 4.69) is 48.7 Å². The fraction of sp³-hybridized carbons (Fsp3) is 0.652. The number of likely N-dealkylation sites (tertiary alicyclic amines) is 1. The van der Waals surface area contributed by atoms with Gasteiger partial charge in [0.05, 0.1) is 6.10 Å². The molecule has 1 amide bonds. The number of amides is 1. The second-order valence-corrected chi connectivity index (χ2v) is 8.15. The van der Waals surface area contributed by atoms with Crippen LogP contribution in [0.15, 0.2) is 29.3 Å². The number of ether oxygens (including phenoxy) is 1. The van der Waals surface area contributed by atoms with E-state index in [4.69, 9.17) is 9.73 Å². The van der Waals surface area contributed by atoms with Gasteiger partial charge in [-0.15, -0.1) is 0 Å². The Kier molecular flexibility index (Phi) is 7.92. The van der Waals surface area contributed by atoms with Gasteiger partial charge in [0, 0.05) is 51.2 Å². The molecule has 2 aliphatic rings. The Hall–Kier alpha value is -2.08. The lowest BCUT2D eigenvalue weighted by molar-refractivity contribution is -0.129. The largest absolute Gasteiger partial charge is 0.373 e. The summed E-state index contributed by atoms with van der Waals surface area (Å²) in [6.07, 6.45) is 3.87. The van der Waals surface area contributed by atoms with Gasteiger partial charge >= 0.3 is 0 Å². The van der Waals surface area contributed by atoms with E-state index in [0.29, 0.717) is 12.3 Å². The number of carbonyl (C=O) groups excluding carboxylic acids is 1. The molecule has 29 heavy (non-hydrogen) atoms. The van der Waals surface area contributed by atoms with Crippen molar-refractivity contribution in [2.75, 3.05) is 32.8 Å². The SMILES string of the molecule is CCNC(=NCC1CCCOC1c1ccc(C)cc1)NC1CCN(C(=O)CC)C1. The van der Waals surface area contributed by atoms with Crippen LogP contribution >= 0.6 is 0 Å². The van der Waals surface area contributed by atoms with Gasteiger partial charge in [-0.3, -0.25) is 9.79 Å². The zero-order valence-electron chi connectivity index (χ0n) is 18.1. The number of nitrogens with zero attached hydrogens (tertiary/aromatic N) is 2. The van der Waals surface area contributed by atoms with Crippen molar-refractivity contribution in [3.63, 3.8) is 0 Å². The summed E-state index contributed by atoms with van der Waals surface area (Å²) in [5.41, 5.74) is 2.52. The molecule has 0 bridgehead atoms. The standard InChI is InChI=1S/C23H36N4O2/c1-4-21(28)27-13-12-20(16-27)26-23(24-5-2)25-15-19-7-6-14-29-22(19)18-10-8-17(3)9-11-18/h8-11,19-20,22H,4-7,12-16H2,1-3H3,(H2,24,25,26). The number of carbonyl (C=O) groups is 1. The zero-order valence-corrected chi connectivity index (χ0v) is 18.1. The van der Waals surface area contributed by atoms with Crippen LogP contribution in [0.4, 0.5) is 0 Å². The number of guanidine groups is 1. The van der Waals surface area contributed by atoms with Crippen LogP contribution in [0.3, 0.4) is 0 Å². The van der Waals surface area contributed by atoms with Gasteiger partial charge in [-0.05, 0) is 38.7 Å². The number of rotatable bonds is 6. The molecule has 1 aromatic carbocycles. The number of nitrogens with one attached hydrogen (secondary N) is 2. The van der Waals surface area contributed by atoms with Gasteiger partial charge in [0.15, 0.2) is 5.96 Å². The molecule has 160 valence electrons. The molecule has 3 atom stereocenters. The first kappa shape index (κ1) is 21.6. The Morgan fingerprint density at radius 2 is 2.03 bits per heavy atom. The van der Waals surface area contributed by atoms with Gasteiger partial charge in [-0.25, -0.2) is 0 Å². The second kappa shape index (κ2) is 10.6. The summed E-state index contributed by atoms with van der Waals surface area (Å²) in [6, 6.07) is 8.94. The maximum atomic E-state index is 11.9. The first-order chi connectivity index (χ1) is 14.1. The Balaban J connectivity index is 1.62. The Bertz CT molecular complexity index is 689. The van der Waals surface area contributed by atoms with Crippen LogP contribution in [0.2, 0.25) is 0 Å². The van der Waals surface area contributed by atoms with Crippen molar-refractivity contribution in [3.8, 4) is 0 Å². The fourth-order valence-corrected chi connectivity index (χ4v) is 4.20. The van der Waals surface area contributed by atoms with Crippen molar-refractivity contribution in [3.05, 3.63) is 35.4 Å². The van der Waals surface area contributed by atoms with Crippen molar-refractivity contribution in [1.82, 2.24) is 15.5 Å². The summed E-state index contributed by atoms with van der Waals surface area (Å²) < 4.78 is 6.14. The van der Waals surface area contributed by atoms with Gasteiger partial charge in [0.25, 0.3) is 0 Å². The molecule has 6 heteroatoms. The number of benzene rings is 1. The number of aliphatic imine (C=N–C) groups is 1. The minimum Gasteiger partial charge on any atom is -0.373 e. The fourth-order valence-electron chi connectivity index (χ4n) is 4.20. The van der Waals surface area contributed by atoms with Crippen molar-refractivity contribution in [1.29, 1.82) is 0 Å². The average molecular weight is 401 g/mol. The van der Waals surface area contributed by atoms with Crippen LogP contribution < -0.4 is 10.6 Å². The van der Waals surface area contributed by atoms with E-state index in [0.717, 1.165) is 58.0 Å². The minimum atomic E-state index is 0.111.